The molecule has 0 fully saturated rings. The summed E-state index contributed by atoms with van der Waals surface area (Å²) in [6.45, 7) is 2.22. The molecule has 1 aromatic carbocycles. The molecule has 7 nitrogen and oxygen atoms in total. The van der Waals surface area contributed by atoms with Crippen LogP contribution >= 0.6 is 0 Å². The molecule has 0 amide bonds. The van der Waals surface area contributed by atoms with Crippen molar-refractivity contribution in [2.45, 2.75) is 26.4 Å². The number of rotatable bonds is 6. The molecule has 0 aliphatic carbocycles. The highest BCUT2D eigenvalue weighted by Gasteiger charge is 2.06. The van der Waals surface area contributed by atoms with E-state index in [0.717, 1.165) is 11.1 Å². The molecule has 0 radical (unpaired) electrons. The van der Waals surface area contributed by atoms with Crippen LogP contribution in [0.15, 0.2) is 24.3 Å². The first-order valence-electron chi connectivity index (χ1n) is 6.47. The number of hydrogen-bond donors (Lipinski definition) is 2. The zero-order valence-electron chi connectivity index (χ0n) is 12.6. The van der Waals surface area contributed by atoms with Gasteiger partial charge in [-0.2, -0.15) is 8.42 Å². The molecule has 22 heavy (non-hydrogen) atoms. The van der Waals surface area contributed by atoms with Gasteiger partial charge in [0.2, 0.25) is 0 Å². The molecule has 8 heteroatoms. The van der Waals surface area contributed by atoms with Crippen LogP contribution in [0, 0.1) is 6.92 Å². The highest BCUT2D eigenvalue weighted by atomic mass is 32.2. The van der Waals surface area contributed by atoms with Crippen molar-refractivity contribution >= 4 is 21.9 Å². The Hall–Kier alpha value is -1.77. The van der Waals surface area contributed by atoms with Crippen LogP contribution in [-0.4, -0.2) is 37.5 Å². The van der Waals surface area contributed by atoms with Crippen molar-refractivity contribution < 1.29 is 27.3 Å². The minimum Gasteiger partial charge on any atom is -0.461 e. The minimum absolute atomic E-state index is 0.0226. The fourth-order valence-corrected chi connectivity index (χ4v) is 1.26. The molecule has 0 aromatic heterocycles. The summed E-state index contributed by atoms with van der Waals surface area (Å²) < 4.78 is 30.9. The summed E-state index contributed by atoms with van der Waals surface area (Å²) in [6.07, 6.45) is 0.970. The molecule has 0 atom stereocenters. The minimum atomic E-state index is -3.67. The highest BCUT2D eigenvalue weighted by Crippen LogP contribution is 2.05. The van der Waals surface area contributed by atoms with E-state index in [1.165, 1.54) is 0 Å². The van der Waals surface area contributed by atoms with Crippen LogP contribution in [-0.2, 0) is 31.1 Å². The molecule has 0 bridgehead atoms. The Kier molecular flexibility index (Phi) is 9.23. The maximum atomic E-state index is 11.3. The van der Waals surface area contributed by atoms with Crippen LogP contribution in [0.1, 0.15) is 24.0 Å². The summed E-state index contributed by atoms with van der Waals surface area (Å²) in [5.74, 6) is -0.496. The van der Waals surface area contributed by atoms with Crippen molar-refractivity contribution in [3.8, 4) is 0 Å². The highest BCUT2D eigenvalue weighted by molar-refractivity contribution is 7.85. The van der Waals surface area contributed by atoms with Gasteiger partial charge in [-0.05, 0) is 12.5 Å². The standard InChI is InChI=1S/C13H17NO3.CH4O3S/c1-10-2-4-11(5-3-10)9-17-13(16)7-6-12(15)8-14;1-5(2,3)4/h2-5H,6-9,14H2,1H3;1H3,(H,2,3,4). The Morgan fingerprint density at radius 1 is 1.18 bits per heavy atom. The average molecular weight is 331 g/mol. The zero-order chi connectivity index (χ0) is 17.2. The van der Waals surface area contributed by atoms with E-state index in [1.807, 2.05) is 31.2 Å². The second-order valence-electron chi connectivity index (χ2n) is 4.62. The molecule has 0 heterocycles. The molecule has 124 valence electrons. The van der Waals surface area contributed by atoms with Crippen molar-refractivity contribution in [2.24, 2.45) is 5.73 Å². The number of hydrogen-bond acceptors (Lipinski definition) is 6. The number of carbonyl (C=O) groups excluding carboxylic acids is 2. The zero-order valence-corrected chi connectivity index (χ0v) is 13.4. The second kappa shape index (κ2) is 10.0. The van der Waals surface area contributed by atoms with E-state index in [-0.39, 0.29) is 37.7 Å². The Labute approximate surface area is 130 Å². The first-order chi connectivity index (χ1) is 10.1. The van der Waals surface area contributed by atoms with E-state index in [4.69, 9.17) is 15.0 Å². The lowest BCUT2D eigenvalue weighted by Gasteiger charge is -2.04. The average Bonchev–Trinajstić information content (AvgIpc) is 2.42. The predicted octanol–water partition coefficient (Wildman–Crippen LogP) is 0.850. The van der Waals surface area contributed by atoms with E-state index in [1.54, 1.807) is 0 Å². The quantitative estimate of drug-likeness (QED) is 0.585. The van der Waals surface area contributed by atoms with Gasteiger partial charge >= 0.3 is 5.97 Å². The van der Waals surface area contributed by atoms with Crippen LogP contribution in [0.25, 0.3) is 0 Å². The molecule has 0 spiro atoms. The smallest absolute Gasteiger partial charge is 0.306 e. The first-order valence-corrected chi connectivity index (χ1v) is 8.32. The van der Waals surface area contributed by atoms with Gasteiger partial charge in [-0.25, -0.2) is 0 Å². The van der Waals surface area contributed by atoms with Crippen molar-refractivity contribution in [1.29, 1.82) is 0 Å². The third-order valence-electron chi connectivity index (χ3n) is 2.36. The summed E-state index contributed by atoms with van der Waals surface area (Å²) in [7, 11) is -3.67. The van der Waals surface area contributed by atoms with Gasteiger partial charge in [0.05, 0.1) is 19.2 Å². The molecule has 0 aliphatic heterocycles. The normalized spacial score (nSPS) is 10.4. The van der Waals surface area contributed by atoms with E-state index < -0.39 is 10.1 Å². The van der Waals surface area contributed by atoms with Gasteiger partial charge in [0.1, 0.15) is 12.4 Å². The molecular weight excluding hydrogens is 310 g/mol. The Bertz CT molecular complexity index is 572. The maximum absolute atomic E-state index is 11.3. The number of aryl methyl sites for hydroxylation is 1. The fourth-order valence-electron chi connectivity index (χ4n) is 1.26. The van der Waals surface area contributed by atoms with Gasteiger partial charge in [0.15, 0.2) is 0 Å². The van der Waals surface area contributed by atoms with Crippen molar-refractivity contribution in [3.63, 3.8) is 0 Å². The molecule has 0 saturated heterocycles. The van der Waals surface area contributed by atoms with Crippen molar-refractivity contribution in [2.75, 3.05) is 12.8 Å². The van der Waals surface area contributed by atoms with Gasteiger partial charge in [-0.15, -0.1) is 0 Å². The first kappa shape index (κ1) is 20.2. The van der Waals surface area contributed by atoms with Gasteiger partial charge < -0.3 is 10.5 Å². The van der Waals surface area contributed by atoms with E-state index in [0.29, 0.717) is 6.26 Å². The summed E-state index contributed by atoms with van der Waals surface area (Å²) in [6, 6.07) is 7.74. The lowest BCUT2D eigenvalue weighted by atomic mass is 10.2. The number of esters is 1. The van der Waals surface area contributed by atoms with Crippen LogP contribution < -0.4 is 5.73 Å². The molecular formula is C14H21NO6S. The van der Waals surface area contributed by atoms with E-state index in [2.05, 4.69) is 0 Å². The number of ether oxygens (including phenoxy) is 1. The van der Waals surface area contributed by atoms with Gasteiger partial charge in [-0.3, -0.25) is 14.1 Å². The van der Waals surface area contributed by atoms with E-state index in [9.17, 15) is 18.0 Å². The van der Waals surface area contributed by atoms with Gasteiger partial charge in [0, 0.05) is 6.42 Å². The molecule has 3 N–H and O–H groups in total. The molecule has 0 unspecified atom stereocenters. The third-order valence-corrected chi connectivity index (χ3v) is 2.36. The number of nitrogens with two attached hydrogens (primary N) is 1. The van der Waals surface area contributed by atoms with E-state index >= 15 is 0 Å². The van der Waals surface area contributed by atoms with Gasteiger partial charge in [0.25, 0.3) is 10.1 Å². The van der Waals surface area contributed by atoms with Crippen molar-refractivity contribution in [3.05, 3.63) is 35.4 Å². The Morgan fingerprint density at radius 3 is 2.14 bits per heavy atom. The number of carbonyl (C=O) groups is 2. The SMILES string of the molecule is CS(=O)(=O)O.Cc1ccc(COC(=O)CCC(=O)CN)cc1. The van der Waals surface area contributed by atoms with Crippen LogP contribution in [0.3, 0.4) is 0 Å². The van der Waals surface area contributed by atoms with Crippen molar-refractivity contribution in [1.82, 2.24) is 0 Å². The number of ketones is 1. The number of benzene rings is 1. The molecule has 1 aromatic rings. The van der Waals surface area contributed by atoms with Crippen LogP contribution in [0.4, 0.5) is 0 Å². The number of Topliss-reactive ketones (excluding diaryl/α,β-unsaturated/α-hetero) is 1. The summed E-state index contributed by atoms with van der Waals surface area (Å²) in [4.78, 5) is 22.2. The maximum Gasteiger partial charge on any atom is 0.306 e. The third kappa shape index (κ3) is 13.2. The van der Waals surface area contributed by atoms with Crippen LogP contribution in [0.5, 0.6) is 0 Å². The topological polar surface area (TPSA) is 124 Å². The fraction of sp³-hybridized carbons (Fsp3) is 0.429. The molecule has 0 aliphatic rings. The monoisotopic (exact) mass is 331 g/mol. The largest absolute Gasteiger partial charge is 0.461 e. The Morgan fingerprint density at radius 2 is 1.68 bits per heavy atom. The Balaban J connectivity index is 0.000000763. The lowest BCUT2D eigenvalue weighted by Crippen LogP contribution is -2.15. The van der Waals surface area contributed by atoms with Gasteiger partial charge in [-0.1, -0.05) is 29.8 Å². The molecule has 0 saturated carbocycles. The van der Waals surface area contributed by atoms with Crippen LogP contribution in [0.2, 0.25) is 0 Å². The summed E-state index contributed by atoms with van der Waals surface area (Å²) >= 11 is 0. The molecule has 1 rings (SSSR count). The predicted molar refractivity (Wildman–Crippen MR) is 81.7 cm³/mol. The summed E-state index contributed by atoms with van der Waals surface area (Å²) in [5.41, 5.74) is 7.24. The second-order valence-corrected chi connectivity index (χ2v) is 6.09. The lowest BCUT2D eigenvalue weighted by molar-refractivity contribution is -0.146. The summed E-state index contributed by atoms with van der Waals surface area (Å²) in [5, 5.41) is 0.